The minimum atomic E-state index is -0.123. The summed E-state index contributed by atoms with van der Waals surface area (Å²) in [7, 11) is 0. The normalized spacial score (nSPS) is 19.2. The second-order valence-corrected chi connectivity index (χ2v) is 5.20. The van der Waals surface area contributed by atoms with E-state index in [2.05, 4.69) is 15.6 Å². The number of carbonyl (C=O) groups excluding carboxylic acids is 2. The quantitative estimate of drug-likeness (QED) is 0.720. The van der Waals surface area contributed by atoms with Crippen LogP contribution in [0.2, 0.25) is 0 Å². The van der Waals surface area contributed by atoms with Gasteiger partial charge in [0.05, 0.1) is 0 Å². The maximum atomic E-state index is 12.2. The third-order valence-corrected chi connectivity index (χ3v) is 3.65. The summed E-state index contributed by atoms with van der Waals surface area (Å²) in [5.41, 5.74) is 2.64. The highest BCUT2D eigenvalue weighted by Crippen LogP contribution is 2.18. The fourth-order valence-electron chi connectivity index (χ4n) is 2.74. The van der Waals surface area contributed by atoms with E-state index in [-0.39, 0.29) is 17.7 Å². The Morgan fingerprint density at radius 1 is 1.32 bits per heavy atom. The number of ketones is 1. The monoisotopic (exact) mass is 263 g/mol. The summed E-state index contributed by atoms with van der Waals surface area (Å²) in [5, 5.41) is 6.27. The predicted octanol–water partition coefficient (Wildman–Crippen LogP) is 1.32. The van der Waals surface area contributed by atoms with Crippen molar-refractivity contribution < 1.29 is 9.59 Å². The molecule has 0 radical (unpaired) electrons. The van der Waals surface area contributed by atoms with Crippen LogP contribution < -0.4 is 10.6 Å². The van der Waals surface area contributed by atoms with E-state index in [1.54, 1.807) is 0 Å². The largest absolute Gasteiger partial charge is 0.354 e. The Hall–Kier alpha value is -1.62. The van der Waals surface area contributed by atoms with Gasteiger partial charge in [0.2, 0.25) is 0 Å². The Morgan fingerprint density at radius 2 is 2.05 bits per heavy atom. The molecule has 5 heteroatoms. The first-order valence-electron chi connectivity index (χ1n) is 6.72. The van der Waals surface area contributed by atoms with E-state index in [0.717, 1.165) is 37.2 Å². The fourth-order valence-corrected chi connectivity index (χ4v) is 2.74. The van der Waals surface area contributed by atoms with Gasteiger partial charge in [-0.1, -0.05) is 0 Å². The van der Waals surface area contributed by atoms with Gasteiger partial charge in [-0.15, -0.1) is 0 Å². The molecule has 1 unspecified atom stereocenters. The van der Waals surface area contributed by atoms with E-state index in [4.69, 9.17) is 0 Å². The minimum absolute atomic E-state index is 0.00960. The third-order valence-electron chi connectivity index (χ3n) is 3.65. The first-order chi connectivity index (χ1) is 9.00. The van der Waals surface area contributed by atoms with Crippen LogP contribution >= 0.6 is 0 Å². The van der Waals surface area contributed by atoms with E-state index < -0.39 is 0 Å². The van der Waals surface area contributed by atoms with Crippen LogP contribution in [0.3, 0.4) is 0 Å². The van der Waals surface area contributed by atoms with Crippen LogP contribution in [0.25, 0.3) is 0 Å². The minimum Gasteiger partial charge on any atom is -0.354 e. The molecule has 0 bridgehead atoms. The molecule has 1 aromatic heterocycles. The Labute approximate surface area is 113 Å². The van der Waals surface area contributed by atoms with Crippen LogP contribution in [0.5, 0.6) is 0 Å². The highest BCUT2D eigenvalue weighted by atomic mass is 16.2. The number of aromatic nitrogens is 1. The molecule has 1 aliphatic heterocycles. The standard InChI is InChI=1S/C14H21N3O2/c1-8-12(10(3)18)9(2)16-13(8)14(19)17-11-5-4-6-15-7-11/h11,15-16H,4-7H2,1-3H3,(H,17,19). The maximum absolute atomic E-state index is 12.2. The first kappa shape index (κ1) is 13.8. The second kappa shape index (κ2) is 5.57. The van der Waals surface area contributed by atoms with Gasteiger partial charge < -0.3 is 15.6 Å². The van der Waals surface area contributed by atoms with Gasteiger partial charge >= 0.3 is 0 Å². The summed E-state index contributed by atoms with van der Waals surface area (Å²) in [4.78, 5) is 26.8. The lowest BCUT2D eigenvalue weighted by molar-refractivity contribution is 0.0925. The molecule has 0 aliphatic carbocycles. The molecule has 2 heterocycles. The third kappa shape index (κ3) is 2.87. The molecule has 1 saturated heterocycles. The van der Waals surface area contributed by atoms with Gasteiger partial charge in [-0.05, 0) is 45.7 Å². The van der Waals surface area contributed by atoms with Crippen molar-refractivity contribution >= 4 is 11.7 Å². The zero-order valence-electron chi connectivity index (χ0n) is 11.7. The molecule has 2 rings (SSSR count). The van der Waals surface area contributed by atoms with E-state index >= 15 is 0 Å². The highest BCUT2D eigenvalue weighted by Gasteiger charge is 2.22. The second-order valence-electron chi connectivity index (χ2n) is 5.20. The topological polar surface area (TPSA) is 74.0 Å². The summed E-state index contributed by atoms with van der Waals surface area (Å²) in [6.07, 6.45) is 2.07. The lowest BCUT2D eigenvalue weighted by Gasteiger charge is -2.23. The molecule has 1 atom stereocenters. The van der Waals surface area contributed by atoms with E-state index in [9.17, 15) is 9.59 Å². The number of amides is 1. The number of hydrogen-bond donors (Lipinski definition) is 3. The zero-order chi connectivity index (χ0) is 14.0. The summed E-state index contributed by atoms with van der Waals surface area (Å²) >= 11 is 0. The van der Waals surface area contributed by atoms with Crippen molar-refractivity contribution in [3.63, 3.8) is 0 Å². The highest BCUT2D eigenvalue weighted by molar-refractivity contribution is 6.02. The number of H-pyrrole nitrogens is 1. The number of carbonyl (C=O) groups is 2. The molecule has 0 aromatic carbocycles. The van der Waals surface area contributed by atoms with Crippen LogP contribution in [0.4, 0.5) is 0 Å². The maximum Gasteiger partial charge on any atom is 0.268 e. The van der Waals surface area contributed by atoms with Crippen LogP contribution in [0, 0.1) is 13.8 Å². The van der Waals surface area contributed by atoms with Crippen LogP contribution in [0.1, 0.15) is 51.9 Å². The molecule has 19 heavy (non-hydrogen) atoms. The van der Waals surface area contributed by atoms with E-state index in [1.807, 2.05) is 13.8 Å². The van der Waals surface area contributed by atoms with Crippen molar-refractivity contribution in [3.05, 3.63) is 22.5 Å². The molecule has 104 valence electrons. The fraction of sp³-hybridized carbons (Fsp3) is 0.571. The Kier molecular flexibility index (Phi) is 4.04. The van der Waals surface area contributed by atoms with Gasteiger partial charge in [-0.2, -0.15) is 0 Å². The molecule has 0 saturated carbocycles. The molecule has 1 amide bonds. The van der Waals surface area contributed by atoms with Gasteiger partial charge in [-0.25, -0.2) is 0 Å². The lowest BCUT2D eigenvalue weighted by Crippen LogP contribution is -2.45. The van der Waals surface area contributed by atoms with Crippen molar-refractivity contribution in [1.29, 1.82) is 0 Å². The van der Waals surface area contributed by atoms with E-state index in [1.165, 1.54) is 6.92 Å². The van der Waals surface area contributed by atoms with Crippen LogP contribution in [0.15, 0.2) is 0 Å². The number of aromatic amines is 1. The van der Waals surface area contributed by atoms with Crippen LogP contribution in [-0.2, 0) is 0 Å². The predicted molar refractivity (Wildman–Crippen MR) is 73.6 cm³/mol. The number of Topliss-reactive ketones (excluding diaryl/α,β-unsaturated/α-hetero) is 1. The molecule has 1 aromatic rings. The molecule has 5 nitrogen and oxygen atoms in total. The van der Waals surface area contributed by atoms with Crippen molar-refractivity contribution in [2.24, 2.45) is 0 Å². The van der Waals surface area contributed by atoms with Crippen molar-refractivity contribution in [3.8, 4) is 0 Å². The Bertz CT molecular complexity index is 499. The summed E-state index contributed by atoms with van der Waals surface area (Å²) in [5.74, 6) is -0.133. The first-order valence-corrected chi connectivity index (χ1v) is 6.72. The van der Waals surface area contributed by atoms with Crippen molar-refractivity contribution in [1.82, 2.24) is 15.6 Å². The van der Waals surface area contributed by atoms with Gasteiger partial charge in [0.1, 0.15) is 5.69 Å². The van der Waals surface area contributed by atoms with E-state index in [0.29, 0.717) is 11.3 Å². The number of piperidine rings is 1. The molecule has 1 aliphatic rings. The van der Waals surface area contributed by atoms with Gasteiger partial charge in [0.15, 0.2) is 5.78 Å². The summed E-state index contributed by atoms with van der Waals surface area (Å²) < 4.78 is 0. The summed E-state index contributed by atoms with van der Waals surface area (Å²) in [6, 6.07) is 0.171. The lowest BCUT2D eigenvalue weighted by atomic mass is 10.1. The number of nitrogens with one attached hydrogen (secondary N) is 3. The molecule has 3 N–H and O–H groups in total. The number of rotatable bonds is 3. The van der Waals surface area contributed by atoms with Crippen molar-refractivity contribution in [2.75, 3.05) is 13.1 Å². The summed E-state index contributed by atoms with van der Waals surface area (Å²) in [6.45, 7) is 6.98. The Morgan fingerprint density at radius 3 is 2.58 bits per heavy atom. The Balaban J connectivity index is 2.15. The van der Waals surface area contributed by atoms with Crippen molar-refractivity contribution in [2.45, 2.75) is 39.7 Å². The molecular formula is C14H21N3O2. The molecular weight excluding hydrogens is 242 g/mol. The molecule has 0 spiro atoms. The van der Waals surface area contributed by atoms with Gasteiger partial charge in [0, 0.05) is 23.8 Å². The number of aryl methyl sites for hydroxylation is 1. The average Bonchev–Trinajstić information content (AvgIpc) is 2.66. The molecule has 1 fully saturated rings. The number of hydrogen-bond acceptors (Lipinski definition) is 3. The smallest absolute Gasteiger partial charge is 0.268 e. The van der Waals surface area contributed by atoms with Gasteiger partial charge in [0.25, 0.3) is 5.91 Å². The SMILES string of the molecule is CC(=O)c1c(C)[nH]c(C(=O)NC2CCCNC2)c1C. The van der Waals surface area contributed by atoms with Gasteiger partial charge in [-0.3, -0.25) is 9.59 Å². The average molecular weight is 263 g/mol. The zero-order valence-corrected chi connectivity index (χ0v) is 11.7. The van der Waals surface area contributed by atoms with Crippen LogP contribution in [-0.4, -0.2) is 35.8 Å².